The maximum Gasteiger partial charge on any atom is 0.232 e. The summed E-state index contributed by atoms with van der Waals surface area (Å²) in [5, 5.41) is 0. The van der Waals surface area contributed by atoms with Crippen LogP contribution in [0.15, 0.2) is 48.6 Å². The molecule has 1 unspecified atom stereocenters. The third-order valence-electron chi connectivity index (χ3n) is 2.41. The highest BCUT2D eigenvalue weighted by atomic mass is 19.2. The molecule has 0 aliphatic heterocycles. The van der Waals surface area contributed by atoms with Crippen LogP contribution in [0.5, 0.6) is 0 Å². The van der Waals surface area contributed by atoms with Crippen LogP contribution in [0, 0.1) is 5.82 Å². The number of rotatable bonds is 3. The van der Waals surface area contributed by atoms with Crippen LogP contribution >= 0.6 is 0 Å². The molecule has 0 saturated carbocycles. The molecule has 1 nitrogen and oxygen atoms in total. The maximum absolute atomic E-state index is 13.9. The van der Waals surface area contributed by atoms with Gasteiger partial charge in [-0.1, -0.05) is 36.4 Å². The fourth-order valence-electron chi connectivity index (χ4n) is 1.49. The highest BCUT2D eigenvalue weighted by molar-refractivity contribution is 5.18. The smallest absolute Gasteiger partial charge is 0.232 e. The van der Waals surface area contributed by atoms with Crippen molar-refractivity contribution in [3.8, 4) is 0 Å². The van der Waals surface area contributed by atoms with E-state index in [9.17, 15) is 8.78 Å². The summed E-state index contributed by atoms with van der Waals surface area (Å²) in [5.41, 5.74) is 0.363. The van der Waals surface area contributed by atoms with Crippen molar-refractivity contribution in [2.24, 2.45) is 0 Å². The Morgan fingerprint density at radius 1 is 1.25 bits per heavy atom. The third-order valence-corrected chi connectivity index (χ3v) is 2.41. The molecule has 0 spiro atoms. The van der Waals surface area contributed by atoms with Gasteiger partial charge in [0.05, 0.1) is 6.61 Å². The van der Waals surface area contributed by atoms with E-state index in [4.69, 9.17) is 4.74 Å². The van der Waals surface area contributed by atoms with Gasteiger partial charge < -0.3 is 4.74 Å². The van der Waals surface area contributed by atoms with E-state index in [1.165, 1.54) is 12.1 Å². The van der Waals surface area contributed by atoms with Crippen LogP contribution in [-0.4, -0.2) is 5.85 Å². The molecule has 1 aromatic rings. The van der Waals surface area contributed by atoms with Gasteiger partial charge in [-0.25, -0.2) is 8.78 Å². The Balaban J connectivity index is 2.00. The molecule has 2 rings (SSSR count). The fraction of sp³-hybridized carbons (Fsp3) is 0.231. The van der Waals surface area contributed by atoms with Crippen molar-refractivity contribution in [1.29, 1.82) is 0 Å². The van der Waals surface area contributed by atoms with Crippen molar-refractivity contribution in [1.82, 2.24) is 0 Å². The lowest BCUT2D eigenvalue weighted by molar-refractivity contribution is -0.115. The molecular formula is C13H12F2O. The van der Waals surface area contributed by atoms with E-state index < -0.39 is 5.85 Å². The average Bonchev–Trinajstić information content (AvgIpc) is 2.29. The van der Waals surface area contributed by atoms with E-state index in [1.807, 2.05) is 0 Å². The lowest BCUT2D eigenvalue weighted by Gasteiger charge is -2.22. The average molecular weight is 222 g/mol. The number of allylic oxidation sites excluding steroid dienone is 2. The maximum atomic E-state index is 13.9. The standard InChI is InChI=1S/C13H12F2O/c14-12-7-3-2-6-11(12)10-16-13(15)8-4-1-5-9-13/h1-8H,9-10H2. The summed E-state index contributed by atoms with van der Waals surface area (Å²) in [6, 6.07) is 6.21. The number of alkyl halides is 1. The second-order valence-electron chi connectivity index (χ2n) is 3.66. The van der Waals surface area contributed by atoms with E-state index in [-0.39, 0.29) is 18.8 Å². The summed E-state index contributed by atoms with van der Waals surface area (Å²) >= 11 is 0. The van der Waals surface area contributed by atoms with Crippen LogP contribution in [0.25, 0.3) is 0 Å². The predicted molar refractivity (Wildman–Crippen MR) is 57.9 cm³/mol. The molecular weight excluding hydrogens is 210 g/mol. The molecule has 0 saturated heterocycles. The van der Waals surface area contributed by atoms with Gasteiger partial charge in [0.2, 0.25) is 5.85 Å². The van der Waals surface area contributed by atoms with E-state index in [1.54, 1.807) is 36.4 Å². The van der Waals surface area contributed by atoms with Crippen LogP contribution in [0.2, 0.25) is 0 Å². The third kappa shape index (κ3) is 2.55. The minimum absolute atomic E-state index is 0.0681. The van der Waals surface area contributed by atoms with Crippen molar-refractivity contribution >= 4 is 0 Å². The Morgan fingerprint density at radius 3 is 2.75 bits per heavy atom. The van der Waals surface area contributed by atoms with Gasteiger partial charge in [0, 0.05) is 12.0 Å². The van der Waals surface area contributed by atoms with Crippen molar-refractivity contribution in [3.63, 3.8) is 0 Å². The molecule has 0 amide bonds. The van der Waals surface area contributed by atoms with Gasteiger partial charge in [0.15, 0.2) is 0 Å². The lowest BCUT2D eigenvalue weighted by Crippen LogP contribution is -2.24. The highest BCUT2D eigenvalue weighted by Crippen LogP contribution is 2.25. The molecule has 0 bridgehead atoms. The monoisotopic (exact) mass is 222 g/mol. The van der Waals surface area contributed by atoms with Gasteiger partial charge in [0.25, 0.3) is 0 Å². The topological polar surface area (TPSA) is 9.23 Å². The van der Waals surface area contributed by atoms with Crippen LogP contribution in [0.1, 0.15) is 12.0 Å². The molecule has 1 aliphatic rings. The number of hydrogen-bond acceptors (Lipinski definition) is 1. The van der Waals surface area contributed by atoms with Gasteiger partial charge in [-0.3, -0.25) is 0 Å². The lowest BCUT2D eigenvalue weighted by atomic mass is 10.1. The summed E-state index contributed by atoms with van der Waals surface area (Å²) in [7, 11) is 0. The molecule has 1 aromatic carbocycles. The van der Waals surface area contributed by atoms with Gasteiger partial charge in [0.1, 0.15) is 5.82 Å². The molecule has 0 fully saturated rings. The van der Waals surface area contributed by atoms with E-state index in [0.717, 1.165) is 0 Å². The number of halogens is 2. The molecule has 16 heavy (non-hydrogen) atoms. The summed E-state index contributed by atoms with van der Waals surface area (Å²) in [6.07, 6.45) is 6.53. The summed E-state index contributed by atoms with van der Waals surface area (Å²) in [6.45, 7) is -0.0681. The van der Waals surface area contributed by atoms with Crippen molar-refractivity contribution in [3.05, 3.63) is 60.0 Å². The molecule has 84 valence electrons. The fourth-order valence-corrected chi connectivity index (χ4v) is 1.49. The number of hydrogen-bond donors (Lipinski definition) is 0. The molecule has 0 heterocycles. The van der Waals surface area contributed by atoms with Gasteiger partial charge >= 0.3 is 0 Å². The van der Waals surface area contributed by atoms with Crippen LogP contribution in [0.3, 0.4) is 0 Å². The second kappa shape index (κ2) is 4.58. The molecule has 1 aliphatic carbocycles. The highest BCUT2D eigenvalue weighted by Gasteiger charge is 2.27. The second-order valence-corrected chi connectivity index (χ2v) is 3.66. The van der Waals surface area contributed by atoms with Crippen LogP contribution in [0.4, 0.5) is 8.78 Å². The SMILES string of the molecule is Fc1ccccc1COC1(F)C=CC=CC1. The van der Waals surface area contributed by atoms with Gasteiger partial charge in [-0.2, -0.15) is 0 Å². The summed E-state index contributed by atoms with van der Waals surface area (Å²) in [5.74, 6) is -2.18. The van der Waals surface area contributed by atoms with Crippen LogP contribution in [-0.2, 0) is 11.3 Å². The number of ether oxygens (including phenoxy) is 1. The molecule has 3 heteroatoms. The zero-order chi connectivity index (χ0) is 11.4. The molecule has 0 aromatic heterocycles. The first-order chi connectivity index (χ1) is 7.70. The minimum Gasteiger partial charge on any atom is -0.337 e. The Bertz CT molecular complexity index is 426. The van der Waals surface area contributed by atoms with E-state index in [0.29, 0.717) is 5.56 Å². The normalized spacial score (nSPS) is 23.6. The molecule has 1 atom stereocenters. The van der Waals surface area contributed by atoms with E-state index in [2.05, 4.69) is 0 Å². The largest absolute Gasteiger partial charge is 0.337 e. The number of benzene rings is 1. The zero-order valence-corrected chi connectivity index (χ0v) is 8.70. The first-order valence-corrected chi connectivity index (χ1v) is 5.10. The Kier molecular flexibility index (Phi) is 3.15. The van der Waals surface area contributed by atoms with Crippen molar-refractivity contribution < 1.29 is 13.5 Å². The predicted octanol–water partition coefficient (Wildman–Crippen LogP) is 3.52. The quantitative estimate of drug-likeness (QED) is 0.760. The minimum atomic E-state index is -1.81. The first-order valence-electron chi connectivity index (χ1n) is 5.10. The zero-order valence-electron chi connectivity index (χ0n) is 8.70. The van der Waals surface area contributed by atoms with Gasteiger partial charge in [-0.15, -0.1) is 0 Å². The van der Waals surface area contributed by atoms with Crippen molar-refractivity contribution in [2.75, 3.05) is 0 Å². The first kappa shape index (κ1) is 11.0. The summed E-state index contributed by atoms with van der Waals surface area (Å²) < 4.78 is 32.2. The Labute approximate surface area is 93.0 Å². The molecule has 0 radical (unpaired) electrons. The summed E-state index contributed by atoms with van der Waals surface area (Å²) in [4.78, 5) is 0. The Morgan fingerprint density at radius 2 is 2.06 bits per heavy atom. The van der Waals surface area contributed by atoms with Crippen LogP contribution < -0.4 is 0 Å². The molecule has 0 N–H and O–H groups in total. The van der Waals surface area contributed by atoms with Crippen molar-refractivity contribution in [2.45, 2.75) is 18.9 Å². The van der Waals surface area contributed by atoms with Gasteiger partial charge in [-0.05, 0) is 12.1 Å². The van der Waals surface area contributed by atoms with E-state index >= 15 is 0 Å². The Hall–Kier alpha value is -1.48.